The maximum Gasteiger partial charge on any atom is 0.267 e. The van der Waals surface area contributed by atoms with Crippen LogP contribution in [0.25, 0.3) is 0 Å². The number of likely N-dealkylation sites (tertiary alicyclic amines) is 1. The van der Waals surface area contributed by atoms with Crippen molar-refractivity contribution in [2.24, 2.45) is 11.1 Å². The van der Waals surface area contributed by atoms with E-state index in [-0.39, 0.29) is 11.3 Å². The van der Waals surface area contributed by atoms with Gasteiger partial charge in [-0.15, -0.1) is 11.3 Å². The van der Waals surface area contributed by atoms with Gasteiger partial charge in [0.05, 0.1) is 7.11 Å². The number of carbonyl (C=O) groups is 1. The van der Waals surface area contributed by atoms with E-state index in [1.54, 1.807) is 7.11 Å². The summed E-state index contributed by atoms with van der Waals surface area (Å²) >= 11 is 1.43. The summed E-state index contributed by atoms with van der Waals surface area (Å²) in [7, 11) is 1.59. The highest BCUT2D eigenvalue weighted by Gasteiger charge is 2.36. The van der Waals surface area contributed by atoms with E-state index in [2.05, 4.69) is 6.92 Å². The van der Waals surface area contributed by atoms with Crippen molar-refractivity contribution < 1.29 is 9.53 Å². The molecule has 1 unspecified atom stereocenters. The van der Waals surface area contributed by atoms with Gasteiger partial charge in [-0.3, -0.25) is 4.79 Å². The van der Waals surface area contributed by atoms with Crippen LogP contribution in [0.1, 0.15) is 23.0 Å². The minimum Gasteiger partial charge on any atom is -0.495 e. The molecule has 1 aliphatic rings. The van der Waals surface area contributed by atoms with Gasteiger partial charge in [0.1, 0.15) is 10.6 Å². The highest BCUT2D eigenvalue weighted by atomic mass is 32.1. The van der Waals surface area contributed by atoms with Crippen molar-refractivity contribution in [3.8, 4) is 5.75 Å². The van der Waals surface area contributed by atoms with E-state index in [4.69, 9.17) is 10.5 Å². The Hall–Kier alpha value is -1.07. The minimum absolute atomic E-state index is 0.0639. The molecule has 1 amide bonds. The van der Waals surface area contributed by atoms with Gasteiger partial charge < -0.3 is 15.4 Å². The molecule has 1 aromatic rings. The number of methoxy groups -OCH3 is 1. The van der Waals surface area contributed by atoms with Gasteiger partial charge in [-0.1, -0.05) is 6.92 Å². The molecule has 94 valence electrons. The van der Waals surface area contributed by atoms with Crippen LogP contribution in [-0.2, 0) is 0 Å². The Morgan fingerprint density at radius 1 is 1.71 bits per heavy atom. The van der Waals surface area contributed by atoms with E-state index in [0.717, 1.165) is 19.5 Å². The smallest absolute Gasteiger partial charge is 0.267 e. The van der Waals surface area contributed by atoms with E-state index in [0.29, 0.717) is 17.2 Å². The molecule has 17 heavy (non-hydrogen) atoms. The second-order valence-electron chi connectivity index (χ2n) is 4.81. The summed E-state index contributed by atoms with van der Waals surface area (Å²) in [5, 5.41) is 1.88. The van der Waals surface area contributed by atoms with Gasteiger partial charge in [0, 0.05) is 13.1 Å². The van der Waals surface area contributed by atoms with Crippen LogP contribution in [0.3, 0.4) is 0 Å². The Kier molecular flexibility index (Phi) is 3.40. The van der Waals surface area contributed by atoms with Gasteiger partial charge in [-0.2, -0.15) is 0 Å². The number of ether oxygens (including phenoxy) is 1. The monoisotopic (exact) mass is 254 g/mol. The first-order valence-electron chi connectivity index (χ1n) is 5.70. The van der Waals surface area contributed by atoms with Crippen LogP contribution in [0.2, 0.25) is 0 Å². The van der Waals surface area contributed by atoms with Gasteiger partial charge >= 0.3 is 0 Å². The molecular formula is C12H18N2O2S. The van der Waals surface area contributed by atoms with Gasteiger partial charge in [-0.25, -0.2) is 0 Å². The second-order valence-corrected chi connectivity index (χ2v) is 5.73. The summed E-state index contributed by atoms with van der Waals surface area (Å²) in [5.41, 5.74) is 5.81. The average molecular weight is 254 g/mol. The van der Waals surface area contributed by atoms with Crippen LogP contribution in [-0.4, -0.2) is 37.6 Å². The molecule has 2 heterocycles. The van der Waals surface area contributed by atoms with Crippen molar-refractivity contribution in [1.82, 2.24) is 4.90 Å². The molecule has 0 bridgehead atoms. The molecule has 1 atom stereocenters. The number of hydrogen-bond donors (Lipinski definition) is 1. The number of carbonyl (C=O) groups excluding carboxylic acids is 1. The molecule has 1 saturated heterocycles. The molecule has 1 aliphatic heterocycles. The van der Waals surface area contributed by atoms with Crippen LogP contribution in [0, 0.1) is 5.41 Å². The molecule has 0 saturated carbocycles. The van der Waals surface area contributed by atoms with E-state index >= 15 is 0 Å². The fourth-order valence-corrected chi connectivity index (χ4v) is 2.95. The number of nitrogens with two attached hydrogens (primary N) is 1. The van der Waals surface area contributed by atoms with Gasteiger partial charge in [0.25, 0.3) is 5.91 Å². The molecule has 0 aromatic carbocycles. The topological polar surface area (TPSA) is 55.6 Å². The zero-order valence-electron chi connectivity index (χ0n) is 10.2. The van der Waals surface area contributed by atoms with Crippen LogP contribution in [0.5, 0.6) is 5.75 Å². The highest BCUT2D eigenvalue weighted by Crippen LogP contribution is 2.32. The van der Waals surface area contributed by atoms with Crippen LogP contribution in [0.4, 0.5) is 0 Å². The summed E-state index contributed by atoms with van der Waals surface area (Å²) in [6.07, 6.45) is 0.975. The second kappa shape index (κ2) is 4.66. The Labute approximate surface area is 105 Å². The lowest BCUT2D eigenvalue weighted by Crippen LogP contribution is -2.34. The summed E-state index contributed by atoms with van der Waals surface area (Å²) in [6, 6.07) is 1.83. The lowest BCUT2D eigenvalue weighted by atomic mass is 9.90. The quantitative estimate of drug-likeness (QED) is 0.890. The molecule has 0 spiro atoms. The number of thiophene rings is 1. The van der Waals surface area contributed by atoms with Crippen molar-refractivity contribution in [2.75, 3.05) is 26.7 Å². The molecule has 1 aromatic heterocycles. The molecule has 0 aliphatic carbocycles. The van der Waals surface area contributed by atoms with Crippen LogP contribution >= 0.6 is 11.3 Å². The molecule has 4 nitrogen and oxygen atoms in total. The fourth-order valence-electron chi connectivity index (χ4n) is 2.12. The Morgan fingerprint density at radius 2 is 2.47 bits per heavy atom. The molecule has 2 N–H and O–H groups in total. The third-order valence-electron chi connectivity index (χ3n) is 3.38. The van der Waals surface area contributed by atoms with E-state index < -0.39 is 0 Å². The molecule has 2 rings (SSSR count). The van der Waals surface area contributed by atoms with Crippen molar-refractivity contribution in [2.45, 2.75) is 13.3 Å². The lowest BCUT2D eigenvalue weighted by molar-refractivity contribution is 0.0778. The Bertz CT molecular complexity index is 418. The molecule has 1 fully saturated rings. The van der Waals surface area contributed by atoms with Gasteiger partial charge in [0.2, 0.25) is 0 Å². The first kappa shape index (κ1) is 12.4. The zero-order valence-corrected chi connectivity index (χ0v) is 11.0. The van der Waals surface area contributed by atoms with Crippen molar-refractivity contribution in [3.63, 3.8) is 0 Å². The SMILES string of the molecule is COc1ccsc1C(=O)N1CCC(C)(CN)C1. The normalized spacial score (nSPS) is 24.1. The summed E-state index contributed by atoms with van der Waals surface area (Å²) in [4.78, 5) is 14.9. The fraction of sp³-hybridized carbons (Fsp3) is 0.583. The molecule has 0 radical (unpaired) electrons. The lowest BCUT2D eigenvalue weighted by Gasteiger charge is -2.22. The average Bonchev–Trinajstić information content (AvgIpc) is 2.95. The highest BCUT2D eigenvalue weighted by molar-refractivity contribution is 7.12. The van der Waals surface area contributed by atoms with Crippen molar-refractivity contribution in [1.29, 1.82) is 0 Å². The number of hydrogen-bond acceptors (Lipinski definition) is 4. The third-order valence-corrected chi connectivity index (χ3v) is 4.26. The number of rotatable bonds is 3. The molecular weight excluding hydrogens is 236 g/mol. The Morgan fingerprint density at radius 3 is 3.06 bits per heavy atom. The van der Waals surface area contributed by atoms with Crippen molar-refractivity contribution >= 4 is 17.2 Å². The zero-order chi connectivity index (χ0) is 12.5. The van der Waals surface area contributed by atoms with Crippen LogP contribution < -0.4 is 10.5 Å². The third kappa shape index (κ3) is 2.30. The van der Waals surface area contributed by atoms with Crippen LogP contribution in [0.15, 0.2) is 11.4 Å². The largest absolute Gasteiger partial charge is 0.495 e. The minimum atomic E-state index is 0.0639. The first-order chi connectivity index (χ1) is 8.09. The van der Waals surface area contributed by atoms with E-state index in [1.165, 1.54) is 11.3 Å². The predicted octanol–water partition coefficient (Wildman–Crippen LogP) is 1.57. The van der Waals surface area contributed by atoms with Gasteiger partial charge in [-0.05, 0) is 29.8 Å². The maximum absolute atomic E-state index is 12.3. The first-order valence-corrected chi connectivity index (χ1v) is 6.58. The number of nitrogens with zero attached hydrogens (tertiary/aromatic N) is 1. The van der Waals surface area contributed by atoms with Crippen molar-refractivity contribution in [3.05, 3.63) is 16.3 Å². The maximum atomic E-state index is 12.3. The summed E-state index contributed by atoms with van der Waals surface area (Å²) in [6.45, 7) is 4.28. The summed E-state index contributed by atoms with van der Waals surface area (Å²) < 4.78 is 5.18. The molecule has 5 heteroatoms. The van der Waals surface area contributed by atoms with E-state index in [1.807, 2.05) is 16.3 Å². The summed E-state index contributed by atoms with van der Waals surface area (Å²) in [5.74, 6) is 0.732. The predicted molar refractivity (Wildman–Crippen MR) is 68.6 cm³/mol. The van der Waals surface area contributed by atoms with Gasteiger partial charge in [0.15, 0.2) is 0 Å². The van der Waals surface area contributed by atoms with E-state index in [9.17, 15) is 4.79 Å². The Balaban J connectivity index is 2.12. The number of amides is 1. The standard InChI is InChI=1S/C12H18N2O2S/c1-12(7-13)4-5-14(8-12)11(15)10-9(16-2)3-6-17-10/h3,6H,4-5,7-8,13H2,1-2H3.